The van der Waals surface area contributed by atoms with Gasteiger partial charge in [-0.05, 0) is 0 Å². The first-order chi connectivity index (χ1) is 4.48. The van der Waals surface area contributed by atoms with Gasteiger partial charge >= 0.3 is 0 Å². The van der Waals surface area contributed by atoms with Crippen LogP contribution in [0.2, 0.25) is 0 Å². The van der Waals surface area contributed by atoms with Gasteiger partial charge in [-0.25, -0.2) is 0 Å². The molecule has 0 aromatic carbocycles. The minimum Gasteiger partial charge on any atom is -0.772 e. The Morgan fingerprint density at radius 3 is 2.50 bits per heavy atom. The molecule has 7 heteroatoms. The summed E-state index contributed by atoms with van der Waals surface area (Å²) in [5, 5.41) is 9.85. The Morgan fingerprint density at radius 2 is 2.20 bits per heavy atom. The molecule has 0 aromatic heterocycles. The van der Waals surface area contributed by atoms with Crippen molar-refractivity contribution in [2.24, 2.45) is 0 Å². The van der Waals surface area contributed by atoms with Crippen LogP contribution in [0.3, 0.4) is 0 Å². The van der Waals surface area contributed by atoms with Gasteiger partial charge in [0.2, 0.25) is 7.60 Å². The van der Waals surface area contributed by atoms with Crippen LogP contribution in [-0.2, 0) is 4.57 Å². The summed E-state index contributed by atoms with van der Waals surface area (Å²) in [4.78, 5) is 28.1. The second-order valence-corrected chi connectivity index (χ2v) is 2.92. The van der Waals surface area contributed by atoms with Gasteiger partial charge < -0.3 is 20.2 Å². The highest BCUT2D eigenvalue weighted by Crippen LogP contribution is 2.28. The van der Waals surface area contributed by atoms with Gasteiger partial charge in [-0.1, -0.05) is 0 Å². The summed E-state index contributed by atoms with van der Waals surface area (Å²) in [7, 11) is -4.90. The highest BCUT2D eigenvalue weighted by Gasteiger charge is 2.12. The third-order valence-corrected chi connectivity index (χ3v) is 1.32. The van der Waals surface area contributed by atoms with Crippen LogP contribution in [0.15, 0.2) is 0 Å². The van der Waals surface area contributed by atoms with Crippen LogP contribution in [0.4, 0.5) is 4.79 Å². The van der Waals surface area contributed by atoms with E-state index in [1.54, 1.807) is 5.32 Å². The lowest BCUT2D eigenvalue weighted by Crippen LogP contribution is -2.28. The number of aliphatic hydroxyl groups is 1. The van der Waals surface area contributed by atoms with Gasteiger partial charge in [-0.2, -0.15) is 0 Å². The number of carbonyl (C=O) groups excluding carboxylic acids is 1. The molecule has 10 heavy (non-hydrogen) atoms. The Balaban J connectivity index is 3.76. The molecule has 0 rings (SSSR count). The largest absolute Gasteiger partial charge is 0.772 e. The molecule has 0 fully saturated rings. The van der Waals surface area contributed by atoms with Crippen LogP contribution in [0.5, 0.6) is 0 Å². The number of rotatable bonds is 3. The molecule has 0 aromatic rings. The lowest BCUT2D eigenvalue weighted by Gasteiger charge is -2.13. The number of nitrogens with one attached hydrogen (secondary N) is 1. The van der Waals surface area contributed by atoms with Gasteiger partial charge in [-0.15, -0.1) is 0 Å². The first-order valence-corrected chi connectivity index (χ1v) is 3.99. The van der Waals surface area contributed by atoms with Crippen LogP contribution < -0.4 is 10.2 Å². The van der Waals surface area contributed by atoms with E-state index in [-0.39, 0.29) is 13.2 Å². The Labute approximate surface area is 57.0 Å². The van der Waals surface area contributed by atoms with E-state index in [0.717, 1.165) is 0 Å². The van der Waals surface area contributed by atoms with Crippen LogP contribution in [0.1, 0.15) is 0 Å². The van der Waals surface area contributed by atoms with E-state index in [1.807, 2.05) is 0 Å². The second kappa shape index (κ2) is 3.68. The highest BCUT2D eigenvalue weighted by atomic mass is 31.2. The zero-order valence-corrected chi connectivity index (χ0v) is 5.88. The fourth-order valence-corrected chi connectivity index (χ4v) is 0.574. The molecule has 1 amide bonds. The van der Waals surface area contributed by atoms with Crippen LogP contribution in [0.25, 0.3) is 0 Å². The summed E-state index contributed by atoms with van der Waals surface area (Å²) in [5.74, 6) is 0. The first-order valence-electron chi connectivity index (χ1n) is 2.41. The molecule has 1 atom stereocenters. The summed E-state index contributed by atoms with van der Waals surface area (Å²) in [6, 6.07) is 0. The van der Waals surface area contributed by atoms with E-state index in [9.17, 15) is 14.3 Å². The SMILES string of the molecule is O=C(NCCO)P(=O)([O-])O. The van der Waals surface area contributed by atoms with Crippen molar-refractivity contribution in [3.8, 4) is 0 Å². The van der Waals surface area contributed by atoms with E-state index in [1.165, 1.54) is 0 Å². The van der Waals surface area contributed by atoms with Crippen molar-refractivity contribution in [1.29, 1.82) is 0 Å². The monoisotopic (exact) mass is 168 g/mol. The molecule has 0 bridgehead atoms. The lowest BCUT2D eigenvalue weighted by atomic mass is 10.7. The van der Waals surface area contributed by atoms with Crippen molar-refractivity contribution >= 4 is 13.2 Å². The maximum atomic E-state index is 10.2. The lowest BCUT2D eigenvalue weighted by molar-refractivity contribution is -0.188. The zero-order valence-electron chi connectivity index (χ0n) is 4.98. The van der Waals surface area contributed by atoms with Crippen molar-refractivity contribution in [3.63, 3.8) is 0 Å². The summed E-state index contributed by atoms with van der Waals surface area (Å²) in [5.41, 5.74) is -1.47. The van der Waals surface area contributed by atoms with Gasteiger partial charge in [0.25, 0.3) is 5.65 Å². The molecule has 60 valence electrons. The molecule has 0 aliphatic carbocycles. The summed E-state index contributed by atoms with van der Waals surface area (Å²) >= 11 is 0. The Kier molecular flexibility index (Phi) is 3.52. The molecule has 0 spiro atoms. The van der Waals surface area contributed by atoms with Gasteiger partial charge in [0, 0.05) is 6.54 Å². The average Bonchev–Trinajstić information content (AvgIpc) is 1.80. The highest BCUT2D eigenvalue weighted by molar-refractivity contribution is 7.68. The number of hydrogen-bond donors (Lipinski definition) is 3. The number of carbonyl (C=O) groups is 1. The predicted molar refractivity (Wildman–Crippen MR) is 30.3 cm³/mol. The topological polar surface area (TPSA) is 110 Å². The molecule has 0 aliphatic rings. The molecule has 0 saturated heterocycles. The molecule has 0 radical (unpaired) electrons. The molecule has 0 heterocycles. The van der Waals surface area contributed by atoms with Gasteiger partial charge in [0.05, 0.1) is 6.61 Å². The van der Waals surface area contributed by atoms with Crippen LogP contribution in [-0.4, -0.2) is 28.8 Å². The fourth-order valence-electron chi connectivity index (χ4n) is 0.263. The number of aliphatic hydroxyl groups excluding tert-OH is 1. The van der Waals surface area contributed by atoms with E-state index in [4.69, 9.17) is 10.00 Å². The van der Waals surface area contributed by atoms with Gasteiger partial charge in [0.15, 0.2) is 0 Å². The van der Waals surface area contributed by atoms with Crippen LogP contribution in [0, 0.1) is 0 Å². The van der Waals surface area contributed by atoms with Crippen molar-refractivity contribution < 1.29 is 24.3 Å². The molecule has 6 nitrogen and oxygen atoms in total. The van der Waals surface area contributed by atoms with Gasteiger partial charge in [-0.3, -0.25) is 9.36 Å². The minimum atomic E-state index is -4.90. The van der Waals surface area contributed by atoms with Gasteiger partial charge in [0.1, 0.15) is 0 Å². The first kappa shape index (κ1) is 9.58. The smallest absolute Gasteiger partial charge is 0.291 e. The molecular weight excluding hydrogens is 161 g/mol. The zero-order chi connectivity index (χ0) is 8.20. The maximum Gasteiger partial charge on any atom is 0.291 e. The average molecular weight is 168 g/mol. The third kappa shape index (κ3) is 3.58. The van der Waals surface area contributed by atoms with Crippen LogP contribution >= 0.6 is 7.60 Å². The molecular formula is C3H7NO5P-. The Morgan fingerprint density at radius 1 is 1.70 bits per heavy atom. The number of hydrogen-bond acceptors (Lipinski definition) is 4. The Hall–Kier alpha value is -0.420. The van der Waals surface area contributed by atoms with Crippen molar-refractivity contribution in [2.75, 3.05) is 13.2 Å². The maximum absolute atomic E-state index is 10.2. The minimum absolute atomic E-state index is 0.189. The molecule has 3 N–H and O–H groups in total. The summed E-state index contributed by atoms with van der Waals surface area (Å²) in [6.07, 6.45) is 0. The fraction of sp³-hybridized carbons (Fsp3) is 0.667. The normalized spacial score (nSPS) is 15.9. The summed E-state index contributed by atoms with van der Waals surface area (Å²) in [6.45, 7) is -0.558. The van der Waals surface area contributed by atoms with Crippen molar-refractivity contribution in [1.82, 2.24) is 5.32 Å². The number of amides is 1. The third-order valence-electron chi connectivity index (χ3n) is 0.645. The second-order valence-electron chi connectivity index (χ2n) is 1.48. The molecule has 0 aliphatic heterocycles. The molecule has 1 unspecified atom stereocenters. The van der Waals surface area contributed by atoms with E-state index < -0.39 is 13.2 Å². The molecule has 0 saturated carbocycles. The predicted octanol–water partition coefficient (Wildman–Crippen LogP) is -1.77. The summed E-state index contributed by atoms with van der Waals surface area (Å²) < 4.78 is 9.93. The quantitative estimate of drug-likeness (QED) is 0.432. The van der Waals surface area contributed by atoms with Crippen molar-refractivity contribution in [3.05, 3.63) is 0 Å². The Bertz CT molecular complexity index is 162. The van der Waals surface area contributed by atoms with E-state index in [0.29, 0.717) is 0 Å². The standard InChI is InChI=1S/C3H8NO5P/c5-2-1-4-3(6)10(7,8)9/h5H,1-2H2,(H,4,6)(H2,7,8,9)/p-1. The van der Waals surface area contributed by atoms with Crippen molar-refractivity contribution in [2.45, 2.75) is 0 Å². The van der Waals surface area contributed by atoms with E-state index >= 15 is 0 Å². The van der Waals surface area contributed by atoms with E-state index in [2.05, 4.69) is 0 Å².